The summed E-state index contributed by atoms with van der Waals surface area (Å²) in [6.07, 6.45) is 2.33. The molecule has 1 aromatic heterocycles. The predicted octanol–water partition coefficient (Wildman–Crippen LogP) is 5.13. The molecule has 1 N–H and O–H groups in total. The fourth-order valence-corrected chi connectivity index (χ4v) is 5.51. The van der Waals surface area contributed by atoms with Gasteiger partial charge in [-0.05, 0) is 52.9 Å². The molecule has 2 heterocycles. The van der Waals surface area contributed by atoms with Gasteiger partial charge < -0.3 is 10.2 Å². The van der Waals surface area contributed by atoms with Crippen LogP contribution in [0.2, 0.25) is 0 Å². The van der Waals surface area contributed by atoms with Gasteiger partial charge in [-0.15, -0.1) is 11.8 Å². The molecule has 5 nitrogen and oxygen atoms in total. The van der Waals surface area contributed by atoms with Crippen molar-refractivity contribution in [2.75, 3.05) is 12.3 Å². The maximum atomic E-state index is 13.6. The molecule has 35 heavy (non-hydrogen) atoms. The third kappa shape index (κ3) is 5.90. The highest BCUT2D eigenvalue weighted by Crippen LogP contribution is 2.42. The molecule has 2 aromatic carbocycles. The molecule has 0 saturated carbocycles. The highest BCUT2D eigenvalue weighted by molar-refractivity contribution is 7.99. The van der Waals surface area contributed by atoms with Gasteiger partial charge in [0.15, 0.2) is 0 Å². The summed E-state index contributed by atoms with van der Waals surface area (Å²) in [6, 6.07) is 18.8. The molecule has 2 unspecified atom stereocenters. The number of nitrogens with zero attached hydrogens (tertiary/aromatic N) is 2. The number of thioether (sulfide) groups is 1. The van der Waals surface area contributed by atoms with Crippen LogP contribution in [0.5, 0.6) is 0 Å². The number of nitrogens with one attached hydrogen (secondary N) is 1. The molecule has 1 fully saturated rings. The Morgan fingerprint density at radius 2 is 1.77 bits per heavy atom. The lowest BCUT2D eigenvalue weighted by Crippen LogP contribution is -2.48. The number of hydrogen-bond donors (Lipinski definition) is 1. The molecular weight excluding hydrogens is 461 g/mol. The van der Waals surface area contributed by atoms with Crippen LogP contribution >= 0.6 is 11.8 Å². The van der Waals surface area contributed by atoms with E-state index in [0.29, 0.717) is 24.3 Å². The molecule has 7 heteroatoms. The van der Waals surface area contributed by atoms with Gasteiger partial charge in [0.05, 0.1) is 0 Å². The van der Waals surface area contributed by atoms with Crippen molar-refractivity contribution >= 4 is 23.6 Å². The average Bonchev–Trinajstić information content (AvgIpc) is 3.29. The highest BCUT2D eigenvalue weighted by Gasteiger charge is 2.42. The topological polar surface area (TPSA) is 62.3 Å². The van der Waals surface area contributed by atoms with E-state index in [0.717, 1.165) is 11.3 Å². The lowest BCUT2D eigenvalue weighted by molar-refractivity contribution is -0.124. The van der Waals surface area contributed by atoms with Crippen molar-refractivity contribution in [3.05, 3.63) is 101 Å². The number of rotatable bonds is 6. The molecule has 3 aromatic rings. The second-order valence-corrected chi connectivity index (χ2v) is 10.8. The van der Waals surface area contributed by atoms with Crippen molar-refractivity contribution in [1.29, 1.82) is 0 Å². The first kappa shape index (κ1) is 24.9. The van der Waals surface area contributed by atoms with Crippen LogP contribution in [-0.4, -0.2) is 40.0 Å². The van der Waals surface area contributed by atoms with E-state index >= 15 is 0 Å². The van der Waals surface area contributed by atoms with Crippen LogP contribution in [0.4, 0.5) is 4.39 Å². The molecule has 2 atom stereocenters. The minimum Gasteiger partial charge on any atom is -0.354 e. The van der Waals surface area contributed by atoms with Crippen molar-refractivity contribution in [3.8, 4) is 0 Å². The summed E-state index contributed by atoms with van der Waals surface area (Å²) >= 11 is 1.57. The van der Waals surface area contributed by atoms with Gasteiger partial charge in [0, 0.05) is 36.2 Å². The Labute approximate surface area is 210 Å². The molecule has 0 spiro atoms. The van der Waals surface area contributed by atoms with E-state index in [9.17, 15) is 14.0 Å². The van der Waals surface area contributed by atoms with E-state index in [1.165, 1.54) is 29.8 Å². The molecule has 1 saturated heterocycles. The molecule has 0 aliphatic carbocycles. The number of aromatic nitrogens is 1. The number of benzene rings is 2. The van der Waals surface area contributed by atoms with Gasteiger partial charge in [-0.1, -0.05) is 51.1 Å². The minimum atomic E-state index is -0.631. The monoisotopic (exact) mass is 491 g/mol. The Kier molecular flexibility index (Phi) is 7.55. The van der Waals surface area contributed by atoms with Gasteiger partial charge in [-0.2, -0.15) is 0 Å². The van der Waals surface area contributed by atoms with Gasteiger partial charge in [0.1, 0.15) is 17.2 Å². The zero-order chi connectivity index (χ0) is 25.0. The van der Waals surface area contributed by atoms with Crippen molar-refractivity contribution in [2.45, 2.75) is 44.0 Å². The zero-order valence-corrected chi connectivity index (χ0v) is 21.0. The van der Waals surface area contributed by atoms with E-state index in [1.807, 2.05) is 30.3 Å². The van der Waals surface area contributed by atoms with Crippen LogP contribution in [0.25, 0.3) is 0 Å². The van der Waals surface area contributed by atoms with Crippen LogP contribution in [0.3, 0.4) is 0 Å². The van der Waals surface area contributed by atoms with Crippen molar-refractivity contribution in [2.24, 2.45) is 0 Å². The Hall–Kier alpha value is -3.19. The van der Waals surface area contributed by atoms with Crippen molar-refractivity contribution in [1.82, 2.24) is 15.2 Å². The van der Waals surface area contributed by atoms with E-state index in [-0.39, 0.29) is 22.6 Å². The van der Waals surface area contributed by atoms with E-state index < -0.39 is 11.9 Å². The maximum Gasteiger partial charge on any atom is 0.255 e. The average molecular weight is 492 g/mol. The van der Waals surface area contributed by atoms with Gasteiger partial charge in [-0.3, -0.25) is 14.6 Å². The third-order valence-corrected chi connectivity index (χ3v) is 7.42. The summed E-state index contributed by atoms with van der Waals surface area (Å²) in [4.78, 5) is 32.7. The Bertz CT molecular complexity index is 1160. The lowest BCUT2D eigenvalue weighted by Gasteiger charge is -2.29. The molecule has 1 aliphatic heterocycles. The van der Waals surface area contributed by atoms with Crippen LogP contribution in [0.1, 0.15) is 53.3 Å². The number of hydrogen-bond acceptors (Lipinski definition) is 4. The smallest absolute Gasteiger partial charge is 0.255 e. The summed E-state index contributed by atoms with van der Waals surface area (Å²) in [5.41, 5.74) is 3.42. The molecule has 2 amide bonds. The number of carbonyl (C=O) groups is 2. The second kappa shape index (κ2) is 10.6. The first-order chi connectivity index (χ1) is 16.7. The fourth-order valence-electron chi connectivity index (χ4n) is 4.08. The molecule has 0 bridgehead atoms. The maximum absolute atomic E-state index is 13.6. The zero-order valence-electron chi connectivity index (χ0n) is 20.2. The van der Waals surface area contributed by atoms with Gasteiger partial charge in [0.2, 0.25) is 5.91 Å². The Balaban J connectivity index is 1.56. The number of pyridine rings is 1. The van der Waals surface area contributed by atoms with Gasteiger partial charge >= 0.3 is 0 Å². The summed E-state index contributed by atoms with van der Waals surface area (Å²) in [5, 5.41) is 2.66. The van der Waals surface area contributed by atoms with Gasteiger partial charge in [0.25, 0.3) is 5.91 Å². The summed E-state index contributed by atoms with van der Waals surface area (Å²) < 4.78 is 13.5. The highest BCUT2D eigenvalue weighted by atomic mass is 32.2. The molecular formula is C28H30FN3O2S. The normalized spacial score (nSPS) is 17.9. The summed E-state index contributed by atoms with van der Waals surface area (Å²) in [7, 11) is 0. The Morgan fingerprint density at radius 1 is 1.06 bits per heavy atom. The number of halogens is 1. The van der Waals surface area contributed by atoms with Crippen molar-refractivity contribution < 1.29 is 14.0 Å². The van der Waals surface area contributed by atoms with Crippen LogP contribution < -0.4 is 5.32 Å². The Morgan fingerprint density at radius 3 is 2.40 bits per heavy atom. The van der Waals surface area contributed by atoms with Crippen LogP contribution in [0, 0.1) is 5.82 Å². The van der Waals surface area contributed by atoms with E-state index in [2.05, 4.69) is 43.2 Å². The third-order valence-electron chi connectivity index (χ3n) is 6.10. The molecule has 4 rings (SSSR count). The van der Waals surface area contributed by atoms with E-state index in [4.69, 9.17) is 0 Å². The van der Waals surface area contributed by atoms with Gasteiger partial charge in [-0.25, -0.2) is 4.39 Å². The van der Waals surface area contributed by atoms with Crippen LogP contribution in [-0.2, 0) is 16.6 Å². The summed E-state index contributed by atoms with van der Waals surface area (Å²) in [6.45, 7) is 6.90. The summed E-state index contributed by atoms with van der Waals surface area (Å²) in [5.74, 6) is -0.411. The SMILES string of the molecule is CC(C)(C)c1ccc(C2SCC(C(=O)NCCc3ccccn3)N2C(=O)c2ccc(F)cc2)cc1. The first-order valence-corrected chi connectivity index (χ1v) is 12.8. The predicted molar refractivity (Wildman–Crippen MR) is 138 cm³/mol. The second-order valence-electron chi connectivity index (χ2n) is 9.65. The molecule has 182 valence electrons. The quantitative estimate of drug-likeness (QED) is 0.519. The number of amides is 2. The molecule has 1 aliphatic rings. The first-order valence-electron chi connectivity index (χ1n) is 11.7. The van der Waals surface area contributed by atoms with Crippen molar-refractivity contribution in [3.63, 3.8) is 0 Å². The van der Waals surface area contributed by atoms with E-state index in [1.54, 1.807) is 22.9 Å². The van der Waals surface area contributed by atoms with Crippen LogP contribution in [0.15, 0.2) is 72.9 Å². The lowest BCUT2D eigenvalue weighted by atomic mass is 9.86. The largest absolute Gasteiger partial charge is 0.354 e. The number of carbonyl (C=O) groups excluding carboxylic acids is 2. The minimum absolute atomic E-state index is 0.0149. The fraction of sp³-hybridized carbons (Fsp3) is 0.321. The molecule has 0 radical (unpaired) electrons. The standard InChI is InChI=1S/C28H30FN3O2S/c1-28(2,3)21-11-7-20(8-12-21)27-32(26(34)19-9-13-22(29)14-10-19)24(18-35-27)25(33)31-17-15-23-6-4-5-16-30-23/h4-14,16,24,27H,15,17-18H2,1-3H3,(H,31,33).